The number of hydrogen-bond donors (Lipinski definition) is 0. The Morgan fingerprint density at radius 1 is 0.724 bits per heavy atom. The molecule has 0 aliphatic heterocycles. The van der Waals surface area contributed by atoms with Crippen LogP contribution in [0.1, 0.15) is 66.0 Å². The zero-order valence-corrected chi connectivity index (χ0v) is 17.3. The van der Waals surface area contributed by atoms with E-state index in [1.807, 2.05) is 0 Å². The fourth-order valence-electron chi connectivity index (χ4n) is 4.22. The highest BCUT2D eigenvalue weighted by Gasteiger charge is 2.19. The van der Waals surface area contributed by atoms with E-state index in [0.717, 1.165) is 92.0 Å². The van der Waals surface area contributed by atoms with Crippen molar-refractivity contribution in [3.8, 4) is 0 Å². The number of aromatic nitrogens is 2. The van der Waals surface area contributed by atoms with Crippen molar-refractivity contribution in [3.63, 3.8) is 0 Å². The first kappa shape index (κ1) is 19.6. The average molecular weight is 393 g/mol. The second-order valence-corrected chi connectivity index (χ2v) is 7.62. The molecule has 0 atom stereocenters. The molecule has 0 spiro atoms. The number of nitrogens with zero attached hydrogens (tertiary/aromatic N) is 4. The second-order valence-electron chi connectivity index (χ2n) is 7.62. The molecule has 2 heterocycles. The first-order chi connectivity index (χ1) is 14.3. The smallest absolute Gasteiger partial charge is 0.106 e. The molecule has 0 radical (unpaired) electrons. The molecular weight excluding hydrogens is 364 g/mol. The summed E-state index contributed by atoms with van der Waals surface area (Å²) in [7, 11) is 3.19. The predicted octanol–water partition coefficient (Wildman–Crippen LogP) is 4.03. The van der Waals surface area contributed by atoms with E-state index in [1.165, 1.54) is 11.1 Å². The first-order valence-electron chi connectivity index (χ1n) is 10.5. The van der Waals surface area contributed by atoms with Gasteiger partial charge in [-0.05, 0) is 81.0 Å². The molecule has 152 valence electrons. The van der Waals surface area contributed by atoms with Gasteiger partial charge >= 0.3 is 0 Å². The molecule has 0 bridgehead atoms. The SMILES string of the molecule is CON=C1CCCc2ccc(CCCc3ccc4c(n3)C(=NOC)CCC4)nc21. The minimum Gasteiger partial charge on any atom is -0.399 e. The van der Waals surface area contributed by atoms with Gasteiger partial charge in [-0.1, -0.05) is 22.4 Å². The van der Waals surface area contributed by atoms with Crippen LogP contribution < -0.4 is 0 Å². The molecule has 0 saturated carbocycles. The Labute approximate surface area is 172 Å². The molecule has 2 aliphatic carbocycles. The molecule has 2 aromatic rings. The van der Waals surface area contributed by atoms with Gasteiger partial charge in [0.15, 0.2) is 0 Å². The highest BCUT2D eigenvalue weighted by Crippen LogP contribution is 2.23. The number of fused-ring (bicyclic) bond motifs is 2. The minimum absolute atomic E-state index is 0.922. The van der Waals surface area contributed by atoms with Gasteiger partial charge in [0.05, 0.1) is 11.4 Å². The summed E-state index contributed by atoms with van der Waals surface area (Å²) in [5.74, 6) is 0. The van der Waals surface area contributed by atoms with Gasteiger partial charge in [-0.3, -0.25) is 9.97 Å². The van der Waals surface area contributed by atoms with Crippen LogP contribution in [-0.4, -0.2) is 35.6 Å². The van der Waals surface area contributed by atoms with Gasteiger partial charge in [-0.25, -0.2) is 0 Å². The van der Waals surface area contributed by atoms with Crippen molar-refractivity contribution in [1.82, 2.24) is 9.97 Å². The zero-order chi connectivity index (χ0) is 20.1. The van der Waals surface area contributed by atoms with Crippen LogP contribution in [-0.2, 0) is 35.4 Å². The number of oxime groups is 2. The summed E-state index contributed by atoms with van der Waals surface area (Å²) in [5.41, 5.74) is 8.73. The maximum atomic E-state index is 5.01. The summed E-state index contributed by atoms with van der Waals surface area (Å²) in [5, 5.41) is 8.36. The second kappa shape index (κ2) is 9.16. The molecule has 6 heteroatoms. The van der Waals surface area contributed by atoms with Crippen molar-refractivity contribution < 1.29 is 9.68 Å². The van der Waals surface area contributed by atoms with E-state index < -0.39 is 0 Å². The van der Waals surface area contributed by atoms with E-state index in [4.69, 9.17) is 19.6 Å². The molecule has 0 aromatic carbocycles. The summed E-state index contributed by atoms with van der Waals surface area (Å²) < 4.78 is 0. The molecule has 2 aromatic heterocycles. The Bertz CT molecular complexity index is 861. The molecule has 0 amide bonds. The normalized spacial score (nSPS) is 18.4. The van der Waals surface area contributed by atoms with Crippen LogP contribution in [0.25, 0.3) is 0 Å². The van der Waals surface area contributed by atoms with E-state index >= 15 is 0 Å². The van der Waals surface area contributed by atoms with E-state index in [-0.39, 0.29) is 0 Å². The summed E-state index contributed by atoms with van der Waals surface area (Å²) in [6, 6.07) is 8.70. The van der Waals surface area contributed by atoms with E-state index in [1.54, 1.807) is 14.2 Å². The summed E-state index contributed by atoms with van der Waals surface area (Å²) in [4.78, 5) is 19.8. The number of pyridine rings is 2. The summed E-state index contributed by atoms with van der Waals surface area (Å²) in [6.45, 7) is 0. The van der Waals surface area contributed by atoms with Crippen molar-refractivity contribution in [3.05, 3.63) is 58.2 Å². The third-order valence-electron chi connectivity index (χ3n) is 5.61. The van der Waals surface area contributed by atoms with Crippen LogP contribution in [0.4, 0.5) is 0 Å². The van der Waals surface area contributed by atoms with Crippen molar-refractivity contribution in [1.29, 1.82) is 0 Å². The number of rotatable bonds is 6. The third kappa shape index (κ3) is 4.47. The molecular formula is C23H28N4O2. The van der Waals surface area contributed by atoms with E-state index in [0.29, 0.717) is 0 Å². The Morgan fingerprint density at radius 2 is 1.21 bits per heavy atom. The average Bonchev–Trinajstić information content (AvgIpc) is 2.75. The fraction of sp³-hybridized carbons (Fsp3) is 0.478. The molecule has 29 heavy (non-hydrogen) atoms. The largest absolute Gasteiger partial charge is 0.399 e. The standard InChI is InChI=1S/C23H28N4O2/c1-28-26-20-10-3-6-16-12-14-18(24-22(16)20)8-5-9-19-15-13-17-7-4-11-21(27-29-2)23(17)25-19/h12-15H,3-11H2,1-2H3. The molecule has 0 unspecified atom stereocenters. The maximum absolute atomic E-state index is 5.01. The van der Waals surface area contributed by atoms with Gasteiger partial charge in [0.2, 0.25) is 0 Å². The lowest BCUT2D eigenvalue weighted by Crippen LogP contribution is -2.16. The van der Waals surface area contributed by atoms with Crippen LogP contribution in [0.15, 0.2) is 34.6 Å². The lowest BCUT2D eigenvalue weighted by Gasteiger charge is -2.18. The van der Waals surface area contributed by atoms with E-state index in [9.17, 15) is 0 Å². The third-order valence-corrected chi connectivity index (χ3v) is 5.61. The lowest BCUT2D eigenvalue weighted by atomic mass is 9.93. The summed E-state index contributed by atoms with van der Waals surface area (Å²) in [6.07, 6.45) is 9.06. The van der Waals surface area contributed by atoms with Crippen LogP contribution in [0.2, 0.25) is 0 Å². The van der Waals surface area contributed by atoms with Crippen molar-refractivity contribution in [2.24, 2.45) is 10.3 Å². The predicted molar refractivity (Wildman–Crippen MR) is 113 cm³/mol. The van der Waals surface area contributed by atoms with Crippen LogP contribution >= 0.6 is 0 Å². The summed E-state index contributed by atoms with van der Waals surface area (Å²) >= 11 is 0. The molecule has 6 nitrogen and oxygen atoms in total. The van der Waals surface area contributed by atoms with Crippen molar-refractivity contribution >= 4 is 11.4 Å². The number of hydrogen-bond acceptors (Lipinski definition) is 6. The Kier molecular flexibility index (Phi) is 6.17. The molecule has 4 rings (SSSR count). The van der Waals surface area contributed by atoms with Crippen molar-refractivity contribution in [2.45, 2.75) is 57.8 Å². The minimum atomic E-state index is 0.922. The molecule has 0 saturated heterocycles. The number of aryl methyl sites for hydroxylation is 4. The first-order valence-corrected chi connectivity index (χ1v) is 10.5. The fourth-order valence-corrected chi connectivity index (χ4v) is 4.22. The van der Waals surface area contributed by atoms with Gasteiger partial charge in [-0.2, -0.15) is 0 Å². The van der Waals surface area contributed by atoms with Gasteiger partial charge in [0, 0.05) is 11.4 Å². The van der Waals surface area contributed by atoms with Crippen LogP contribution in [0, 0.1) is 0 Å². The topological polar surface area (TPSA) is 69.0 Å². The maximum Gasteiger partial charge on any atom is 0.106 e. The molecule has 2 aliphatic rings. The highest BCUT2D eigenvalue weighted by molar-refractivity contribution is 6.01. The Hall–Kier alpha value is -2.76. The van der Waals surface area contributed by atoms with Crippen LogP contribution in [0.5, 0.6) is 0 Å². The monoisotopic (exact) mass is 392 g/mol. The Balaban J connectivity index is 1.43. The molecule has 0 fully saturated rings. The van der Waals surface area contributed by atoms with Crippen molar-refractivity contribution in [2.75, 3.05) is 14.2 Å². The van der Waals surface area contributed by atoms with E-state index in [2.05, 4.69) is 34.6 Å². The van der Waals surface area contributed by atoms with Gasteiger partial charge in [-0.15, -0.1) is 0 Å². The van der Waals surface area contributed by atoms with Gasteiger partial charge < -0.3 is 9.68 Å². The van der Waals surface area contributed by atoms with Gasteiger partial charge in [0.1, 0.15) is 25.6 Å². The van der Waals surface area contributed by atoms with Crippen LogP contribution in [0.3, 0.4) is 0 Å². The highest BCUT2D eigenvalue weighted by atomic mass is 16.6. The molecule has 0 N–H and O–H groups in total. The lowest BCUT2D eigenvalue weighted by molar-refractivity contribution is 0.212. The van der Waals surface area contributed by atoms with Gasteiger partial charge in [0.25, 0.3) is 0 Å². The Morgan fingerprint density at radius 3 is 1.66 bits per heavy atom. The zero-order valence-electron chi connectivity index (χ0n) is 17.3. The quantitative estimate of drug-likeness (QED) is 0.696.